The van der Waals surface area contributed by atoms with Gasteiger partial charge in [0, 0.05) is 58.7 Å². The third-order valence-corrected chi connectivity index (χ3v) is 18.7. The summed E-state index contributed by atoms with van der Waals surface area (Å²) in [5.41, 5.74) is 11.4. The molecule has 0 saturated heterocycles. The Bertz CT molecular complexity index is 3230. The summed E-state index contributed by atoms with van der Waals surface area (Å²) in [5, 5.41) is 5.26. The molecule has 0 atom stereocenters. The summed E-state index contributed by atoms with van der Waals surface area (Å²) in [6, 6.07) is 76.3. The molecule has 0 radical (unpaired) electrons. The molecule has 2 aromatic heterocycles. The number of nitrogens with zero attached hydrogens (tertiary/aromatic N) is 8. The third-order valence-electron chi connectivity index (χ3n) is 13.9. The maximum atomic E-state index is 4.93. The van der Waals surface area contributed by atoms with Crippen LogP contribution >= 0.6 is 0 Å². The Balaban J connectivity index is 1.05. The molecule has 0 saturated carbocycles. The van der Waals surface area contributed by atoms with Crippen LogP contribution in [-0.2, 0) is 0 Å². The van der Waals surface area contributed by atoms with Crippen molar-refractivity contribution in [3.05, 3.63) is 231 Å². The van der Waals surface area contributed by atoms with Gasteiger partial charge in [-0.1, -0.05) is 133 Å². The number of hydrogen-bond acceptors (Lipinski definition) is 6. The van der Waals surface area contributed by atoms with E-state index in [4.69, 9.17) is 9.97 Å². The molecule has 0 bridgehead atoms. The lowest BCUT2D eigenvalue weighted by atomic mass is 9.82. The second-order valence-corrected chi connectivity index (χ2v) is 20.9. The fourth-order valence-electron chi connectivity index (χ4n) is 11.3. The normalized spacial score (nSPS) is 14.0. The number of rotatable bonds is 6. The lowest BCUT2D eigenvalue weighted by Crippen LogP contribution is -2.74. The molecule has 8 aromatic carbocycles. The molecule has 4 aliphatic heterocycles. The van der Waals surface area contributed by atoms with Crippen LogP contribution in [0.2, 0.25) is 0 Å². The van der Waals surface area contributed by atoms with Crippen molar-refractivity contribution >= 4 is 88.6 Å². The molecule has 0 amide bonds. The Morgan fingerprint density at radius 3 is 1.14 bits per heavy atom. The van der Waals surface area contributed by atoms with E-state index in [-0.39, 0.29) is 14.2 Å². The number of imidazole rings is 2. The number of anilines is 8. The van der Waals surface area contributed by atoms with E-state index in [9.17, 15) is 0 Å². The highest BCUT2D eigenvalue weighted by atomic mass is 28.3. The molecule has 0 spiro atoms. The first-order valence-electron chi connectivity index (χ1n) is 22.2. The maximum absolute atomic E-state index is 4.93. The predicted octanol–water partition coefficient (Wildman–Crippen LogP) is 9.06. The molecular formula is C54H38B2N8Si. The van der Waals surface area contributed by atoms with Crippen LogP contribution < -0.4 is 40.0 Å². The average Bonchev–Trinajstić information content (AvgIpc) is 4.20. The van der Waals surface area contributed by atoms with Gasteiger partial charge in [0.1, 0.15) is 11.6 Å². The van der Waals surface area contributed by atoms with Gasteiger partial charge in [0.2, 0.25) is 0 Å². The summed E-state index contributed by atoms with van der Waals surface area (Å²) < 4.78 is 4.65. The summed E-state index contributed by atoms with van der Waals surface area (Å²) in [6.45, 7) is 0. The molecule has 11 heteroatoms. The zero-order valence-electron chi connectivity index (χ0n) is 35.2. The van der Waals surface area contributed by atoms with Gasteiger partial charge in [0.05, 0.1) is 22.7 Å². The van der Waals surface area contributed by atoms with Crippen molar-refractivity contribution in [2.24, 2.45) is 0 Å². The minimum absolute atomic E-state index is 0.187. The van der Waals surface area contributed by atoms with Gasteiger partial charge in [-0.2, -0.15) is 0 Å². The van der Waals surface area contributed by atoms with Gasteiger partial charge in [-0.3, -0.25) is 0 Å². The van der Waals surface area contributed by atoms with E-state index in [1.54, 1.807) is 0 Å². The lowest BCUT2D eigenvalue weighted by Gasteiger charge is -2.37. The zero-order chi connectivity index (χ0) is 42.6. The highest BCUT2D eigenvalue weighted by molar-refractivity contribution is 7.20. The van der Waals surface area contributed by atoms with Crippen molar-refractivity contribution in [3.8, 4) is 22.8 Å². The van der Waals surface area contributed by atoms with Crippen LogP contribution in [0.1, 0.15) is 0 Å². The molecule has 6 heterocycles. The molecular weight excluding hydrogens is 810 g/mol. The second-order valence-electron chi connectivity index (χ2n) is 17.1. The van der Waals surface area contributed by atoms with Gasteiger partial charge in [-0.15, -0.1) is 0 Å². The van der Waals surface area contributed by atoms with Crippen molar-refractivity contribution in [1.29, 1.82) is 0 Å². The minimum atomic E-state index is -3.13. The first kappa shape index (κ1) is 36.2. The quantitative estimate of drug-likeness (QED) is 0.123. The van der Waals surface area contributed by atoms with E-state index in [1.165, 1.54) is 32.1 Å². The van der Waals surface area contributed by atoms with E-state index >= 15 is 0 Å². The standard InChI is InChI=1S/C54H38B2N8Si/c1-5-17-39(18-6-1)61-49-31-29-43(37-51(49)63-47-27-15-13-25-45(47)53-57-33-35-59(53)55(61)63)65(41-21-9-3-10-22-41,42-23-11-4-12-24-42)44-30-32-50-52(38-44)64-48-28-16-14-26-46(48)54-58-34-36-60(54)56(64)62(50)40-19-7-2-8-20-40/h1-38H. The molecule has 4 aliphatic rings. The Morgan fingerprint density at radius 1 is 0.323 bits per heavy atom. The molecule has 10 aromatic rings. The van der Waals surface area contributed by atoms with E-state index < -0.39 is 8.07 Å². The predicted molar refractivity (Wildman–Crippen MR) is 269 cm³/mol. The van der Waals surface area contributed by atoms with E-state index in [1.807, 2.05) is 12.4 Å². The molecule has 14 rings (SSSR count). The second kappa shape index (κ2) is 13.9. The minimum Gasteiger partial charge on any atom is -0.344 e. The highest BCUT2D eigenvalue weighted by Crippen LogP contribution is 2.53. The number of aromatic nitrogens is 4. The summed E-state index contributed by atoms with van der Waals surface area (Å²) in [4.78, 5) is 19.9. The Labute approximate surface area is 378 Å². The summed E-state index contributed by atoms with van der Waals surface area (Å²) >= 11 is 0. The van der Waals surface area contributed by atoms with E-state index in [0.29, 0.717) is 0 Å². The SMILES string of the molecule is c1ccc(N2B3N(c4ccccc4-c4nccn43)c3cc([Si](c4ccccc4)(c4ccccc4)c4ccc5c(c4)N4B(N5c5ccccc5)n5ccnc5-c5ccccc54)ccc32)cc1. The van der Waals surface area contributed by atoms with Gasteiger partial charge >= 0.3 is 14.2 Å². The first-order chi connectivity index (χ1) is 32.3. The largest absolute Gasteiger partial charge is 0.519 e. The number of hydrogen-bond donors (Lipinski definition) is 0. The van der Waals surface area contributed by atoms with Gasteiger partial charge in [-0.25, -0.2) is 9.97 Å². The summed E-state index contributed by atoms with van der Waals surface area (Å²) in [6.07, 6.45) is 8.12. The van der Waals surface area contributed by atoms with Gasteiger partial charge < -0.3 is 28.2 Å². The van der Waals surface area contributed by atoms with Crippen LogP contribution in [0.15, 0.2) is 231 Å². The zero-order valence-corrected chi connectivity index (χ0v) is 36.2. The number of benzene rings is 8. The molecule has 0 aliphatic carbocycles. The van der Waals surface area contributed by atoms with E-state index in [0.717, 1.165) is 56.9 Å². The topological polar surface area (TPSA) is 48.6 Å². The fraction of sp³-hybridized carbons (Fsp3) is 0. The monoisotopic (exact) mass is 848 g/mol. The van der Waals surface area contributed by atoms with E-state index in [2.05, 4.69) is 247 Å². The molecule has 8 nitrogen and oxygen atoms in total. The fourth-order valence-corrected chi connectivity index (χ4v) is 16.1. The van der Waals surface area contributed by atoms with Gasteiger partial charge in [0.15, 0.2) is 8.07 Å². The number of para-hydroxylation sites is 4. The third kappa shape index (κ3) is 4.98. The van der Waals surface area contributed by atoms with Crippen molar-refractivity contribution in [1.82, 2.24) is 18.9 Å². The molecule has 65 heavy (non-hydrogen) atoms. The van der Waals surface area contributed by atoms with Crippen molar-refractivity contribution in [3.63, 3.8) is 0 Å². The Hall–Kier alpha value is -8.27. The van der Waals surface area contributed by atoms with Gasteiger partial charge in [0.25, 0.3) is 0 Å². The molecule has 0 unspecified atom stereocenters. The average molecular weight is 849 g/mol. The molecule has 0 fully saturated rings. The van der Waals surface area contributed by atoms with Crippen LogP contribution in [0.25, 0.3) is 22.8 Å². The van der Waals surface area contributed by atoms with Crippen LogP contribution in [0.5, 0.6) is 0 Å². The summed E-state index contributed by atoms with van der Waals surface area (Å²) in [5.74, 6) is 1.94. The van der Waals surface area contributed by atoms with Crippen LogP contribution in [-0.4, -0.2) is 41.2 Å². The highest BCUT2D eigenvalue weighted by Gasteiger charge is 2.53. The van der Waals surface area contributed by atoms with Crippen LogP contribution in [0.3, 0.4) is 0 Å². The van der Waals surface area contributed by atoms with Crippen molar-refractivity contribution < 1.29 is 0 Å². The Kier molecular flexibility index (Phi) is 7.73. The molecule has 304 valence electrons. The lowest BCUT2D eigenvalue weighted by molar-refractivity contribution is 1.09. The van der Waals surface area contributed by atoms with Crippen molar-refractivity contribution in [2.45, 2.75) is 0 Å². The molecule has 0 N–H and O–H groups in total. The first-order valence-corrected chi connectivity index (χ1v) is 24.2. The smallest absolute Gasteiger partial charge is 0.344 e. The summed E-state index contributed by atoms with van der Waals surface area (Å²) in [7, 11) is -3.51. The number of fused-ring (bicyclic) bond motifs is 16. The van der Waals surface area contributed by atoms with Crippen molar-refractivity contribution in [2.75, 3.05) is 19.2 Å². The van der Waals surface area contributed by atoms with Crippen LogP contribution in [0.4, 0.5) is 45.5 Å². The Morgan fingerprint density at radius 2 is 0.708 bits per heavy atom. The maximum Gasteiger partial charge on any atom is 0.519 e. The van der Waals surface area contributed by atoms with Crippen LogP contribution in [0, 0.1) is 0 Å². The van der Waals surface area contributed by atoms with Gasteiger partial charge in [-0.05, 0) is 93.5 Å².